The number of benzene rings is 1. The summed E-state index contributed by atoms with van der Waals surface area (Å²) in [7, 11) is -0.312. The Kier molecular flexibility index (Phi) is 5.82. The monoisotopic (exact) mass is 285 g/mol. The summed E-state index contributed by atoms with van der Waals surface area (Å²) >= 11 is 0. The van der Waals surface area contributed by atoms with Gasteiger partial charge in [0, 0.05) is 14.1 Å². The Balaban J connectivity index is 2.81. The molecule has 0 amide bonds. The molecule has 0 saturated heterocycles. The number of unbranched alkanes of at least 4 members (excludes halogenated alkanes) is 2. The highest BCUT2D eigenvalue weighted by molar-refractivity contribution is 7.89. The normalized spacial score (nSPS) is 11.8. The average molecular weight is 285 g/mol. The lowest BCUT2D eigenvalue weighted by atomic mass is 10.2. The Labute approximate surface area is 116 Å². The Bertz CT molecular complexity index is 509. The van der Waals surface area contributed by atoms with Gasteiger partial charge in [0.15, 0.2) is 0 Å². The average Bonchev–Trinajstić information content (AvgIpc) is 2.35. The van der Waals surface area contributed by atoms with E-state index in [9.17, 15) is 8.42 Å². The van der Waals surface area contributed by atoms with Gasteiger partial charge in [-0.3, -0.25) is 0 Å². The molecule has 1 aromatic carbocycles. The van der Waals surface area contributed by atoms with Crippen LogP contribution in [0.4, 0.5) is 0 Å². The van der Waals surface area contributed by atoms with E-state index in [4.69, 9.17) is 4.74 Å². The van der Waals surface area contributed by atoms with Crippen molar-refractivity contribution >= 4 is 10.0 Å². The van der Waals surface area contributed by atoms with E-state index >= 15 is 0 Å². The maximum absolute atomic E-state index is 12.0. The number of hydrogen-bond donors (Lipinski definition) is 0. The van der Waals surface area contributed by atoms with Crippen molar-refractivity contribution in [2.75, 3.05) is 20.7 Å². The minimum atomic E-state index is -3.37. The minimum absolute atomic E-state index is 0.302. The second-order valence-electron chi connectivity index (χ2n) is 4.77. The molecule has 0 radical (unpaired) electrons. The third-order valence-corrected chi connectivity index (χ3v) is 4.74. The molecule has 5 heteroatoms. The molecular formula is C14H23NO3S. The first kappa shape index (κ1) is 16.0. The van der Waals surface area contributed by atoms with Gasteiger partial charge in [-0.25, -0.2) is 12.7 Å². The van der Waals surface area contributed by atoms with Gasteiger partial charge >= 0.3 is 0 Å². The summed E-state index contributed by atoms with van der Waals surface area (Å²) in [6.07, 6.45) is 3.32. The van der Waals surface area contributed by atoms with Gasteiger partial charge in [-0.15, -0.1) is 0 Å². The molecule has 0 N–H and O–H groups in total. The van der Waals surface area contributed by atoms with Crippen molar-refractivity contribution in [1.82, 2.24) is 4.31 Å². The summed E-state index contributed by atoms with van der Waals surface area (Å²) in [6, 6.07) is 4.99. The van der Waals surface area contributed by atoms with Crippen molar-refractivity contribution < 1.29 is 13.2 Å². The minimum Gasteiger partial charge on any atom is -0.493 e. The third kappa shape index (κ3) is 4.21. The van der Waals surface area contributed by atoms with Gasteiger partial charge in [0.2, 0.25) is 10.0 Å². The van der Waals surface area contributed by atoms with E-state index in [1.54, 1.807) is 18.2 Å². The van der Waals surface area contributed by atoms with Gasteiger partial charge in [0.1, 0.15) is 5.75 Å². The van der Waals surface area contributed by atoms with E-state index in [1.807, 2.05) is 6.92 Å². The predicted molar refractivity (Wildman–Crippen MR) is 77.1 cm³/mol. The number of ether oxygens (including phenoxy) is 1. The Morgan fingerprint density at radius 1 is 1.21 bits per heavy atom. The molecule has 4 nitrogen and oxygen atoms in total. The van der Waals surface area contributed by atoms with Crippen LogP contribution in [-0.4, -0.2) is 33.4 Å². The Morgan fingerprint density at radius 3 is 2.42 bits per heavy atom. The van der Waals surface area contributed by atoms with E-state index in [-0.39, 0.29) is 0 Å². The zero-order valence-corrected chi connectivity index (χ0v) is 13.0. The summed E-state index contributed by atoms with van der Waals surface area (Å²) < 4.78 is 30.8. The lowest BCUT2D eigenvalue weighted by Crippen LogP contribution is -2.22. The van der Waals surface area contributed by atoms with Crippen molar-refractivity contribution in [2.24, 2.45) is 0 Å². The molecule has 108 valence electrons. The number of aryl methyl sites for hydroxylation is 1. The van der Waals surface area contributed by atoms with Crippen molar-refractivity contribution in [3.8, 4) is 5.75 Å². The van der Waals surface area contributed by atoms with Gasteiger partial charge in [-0.1, -0.05) is 19.8 Å². The first-order chi connectivity index (χ1) is 8.89. The third-order valence-electron chi connectivity index (χ3n) is 2.93. The van der Waals surface area contributed by atoms with Crippen molar-refractivity contribution in [3.63, 3.8) is 0 Å². The lowest BCUT2D eigenvalue weighted by molar-refractivity contribution is 0.304. The zero-order chi connectivity index (χ0) is 14.5. The lowest BCUT2D eigenvalue weighted by Gasteiger charge is -2.14. The molecule has 0 aliphatic carbocycles. The molecule has 0 spiro atoms. The highest BCUT2D eigenvalue weighted by Gasteiger charge is 2.17. The SMILES string of the molecule is CCCCCOc1ccc(S(=O)(=O)N(C)C)cc1C. The second kappa shape index (κ2) is 6.91. The fourth-order valence-corrected chi connectivity index (χ4v) is 2.68. The molecule has 0 bridgehead atoms. The number of nitrogens with zero attached hydrogens (tertiary/aromatic N) is 1. The predicted octanol–water partition coefficient (Wildman–Crippen LogP) is 2.81. The topological polar surface area (TPSA) is 46.6 Å². The van der Waals surface area contributed by atoms with Crippen molar-refractivity contribution in [3.05, 3.63) is 23.8 Å². The number of sulfonamides is 1. The maximum Gasteiger partial charge on any atom is 0.242 e. The van der Waals surface area contributed by atoms with Crippen LogP contribution in [0.15, 0.2) is 23.1 Å². The molecule has 1 aromatic rings. The highest BCUT2D eigenvalue weighted by atomic mass is 32.2. The fourth-order valence-electron chi connectivity index (χ4n) is 1.69. The summed E-state index contributed by atoms with van der Waals surface area (Å²) in [5, 5.41) is 0. The van der Waals surface area contributed by atoms with Crippen LogP contribution in [0, 0.1) is 6.92 Å². The van der Waals surface area contributed by atoms with E-state index in [1.165, 1.54) is 18.4 Å². The quantitative estimate of drug-likeness (QED) is 0.724. The van der Waals surface area contributed by atoms with E-state index in [0.29, 0.717) is 11.5 Å². The van der Waals surface area contributed by atoms with Crippen LogP contribution >= 0.6 is 0 Å². The Morgan fingerprint density at radius 2 is 1.89 bits per heavy atom. The van der Waals surface area contributed by atoms with Crippen molar-refractivity contribution in [1.29, 1.82) is 0 Å². The largest absolute Gasteiger partial charge is 0.493 e. The van der Waals surface area contributed by atoms with Gasteiger partial charge < -0.3 is 4.74 Å². The molecule has 0 atom stereocenters. The van der Waals surface area contributed by atoms with Crippen LogP contribution in [0.3, 0.4) is 0 Å². The van der Waals surface area contributed by atoms with Crippen LogP contribution in [0.25, 0.3) is 0 Å². The zero-order valence-electron chi connectivity index (χ0n) is 12.1. The van der Waals surface area contributed by atoms with Crippen LogP contribution in [0.2, 0.25) is 0 Å². The van der Waals surface area contributed by atoms with Crippen molar-refractivity contribution in [2.45, 2.75) is 38.0 Å². The van der Waals surface area contributed by atoms with Gasteiger partial charge in [-0.05, 0) is 37.1 Å². The van der Waals surface area contributed by atoms with E-state index < -0.39 is 10.0 Å². The van der Waals surface area contributed by atoms with E-state index in [0.717, 1.165) is 30.6 Å². The number of hydrogen-bond acceptors (Lipinski definition) is 3. The maximum atomic E-state index is 12.0. The molecule has 0 saturated carbocycles. The molecule has 0 aliphatic heterocycles. The number of rotatable bonds is 7. The van der Waals surface area contributed by atoms with Gasteiger partial charge in [0.25, 0.3) is 0 Å². The van der Waals surface area contributed by atoms with E-state index in [2.05, 4.69) is 6.92 Å². The van der Waals surface area contributed by atoms with Crippen LogP contribution in [0.5, 0.6) is 5.75 Å². The highest BCUT2D eigenvalue weighted by Crippen LogP contribution is 2.23. The summed E-state index contributed by atoms with van der Waals surface area (Å²) in [5.74, 6) is 0.758. The molecule has 0 aromatic heterocycles. The Hall–Kier alpha value is -1.07. The second-order valence-corrected chi connectivity index (χ2v) is 6.92. The molecular weight excluding hydrogens is 262 g/mol. The van der Waals surface area contributed by atoms with Gasteiger partial charge in [0.05, 0.1) is 11.5 Å². The molecule has 1 rings (SSSR count). The summed E-state index contributed by atoms with van der Waals surface area (Å²) in [5.41, 5.74) is 0.847. The molecule has 19 heavy (non-hydrogen) atoms. The smallest absolute Gasteiger partial charge is 0.242 e. The molecule has 0 aliphatic rings. The molecule has 0 unspecified atom stereocenters. The molecule has 0 fully saturated rings. The summed E-state index contributed by atoms with van der Waals surface area (Å²) in [6.45, 7) is 4.68. The van der Waals surface area contributed by atoms with Crippen LogP contribution in [0.1, 0.15) is 31.7 Å². The first-order valence-electron chi connectivity index (χ1n) is 6.55. The standard InChI is InChI=1S/C14H23NO3S/c1-5-6-7-10-18-14-9-8-13(11-12(14)2)19(16,17)15(3)4/h8-9,11H,5-7,10H2,1-4H3. The first-order valence-corrected chi connectivity index (χ1v) is 7.99. The van der Waals surface area contributed by atoms with Crippen LogP contribution in [-0.2, 0) is 10.0 Å². The fraction of sp³-hybridized carbons (Fsp3) is 0.571. The summed E-state index contributed by atoms with van der Waals surface area (Å²) in [4.78, 5) is 0.302. The van der Waals surface area contributed by atoms with Gasteiger partial charge in [-0.2, -0.15) is 0 Å². The van der Waals surface area contributed by atoms with Crippen LogP contribution < -0.4 is 4.74 Å². The molecule has 0 heterocycles.